The van der Waals surface area contributed by atoms with Crippen LogP contribution in [-0.4, -0.2) is 13.6 Å². The minimum absolute atomic E-state index is 0.253. The van der Waals surface area contributed by atoms with E-state index in [2.05, 4.69) is 0 Å². The summed E-state index contributed by atoms with van der Waals surface area (Å²) in [5.41, 5.74) is -0.308. The maximum atomic E-state index is 12.7. The first-order valence-corrected chi connectivity index (χ1v) is 5.34. The summed E-state index contributed by atoms with van der Waals surface area (Å²) in [6, 6.07) is 5.68. The average molecular weight is 231 g/mol. The van der Waals surface area contributed by atoms with Crippen molar-refractivity contribution in [2.24, 2.45) is 0 Å². The van der Waals surface area contributed by atoms with Crippen LogP contribution in [0.2, 0.25) is 0 Å². The molecule has 0 unspecified atom stereocenters. The molecule has 0 heterocycles. The van der Waals surface area contributed by atoms with E-state index in [0.29, 0.717) is 6.54 Å². The van der Waals surface area contributed by atoms with Crippen LogP contribution in [0, 0.1) is 0 Å². The molecular formula is C12H16F3N. The smallest absolute Gasteiger partial charge is 0.374 e. The minimum Gasteiger partial charge on any atom is -0.374 e. The van der Waals surface area contributed by atoms with Gasteiger partial charge in [0, 0.05) is 19.3 Å². The molecule has 0 fully saturated rings. The van der Waals surface area contributed by atoms with Crippen LogP contribution in [0.25, 0.3) is 0 Å². The van der Waals surface area contributed by atoms with E-state index in [1.54, 1.807) is 18.0 Å². The highest BCUT2D eigenvalue weighted by atomic mass is 19.4. The van der Waals surface area contributed by atoms with Crippen molar-refractivity contribution >= 4 is 5.69 Å². The lowest BCUT2D eigenvalue weighted by atomic mass is 10.1. The third kappa shape index (κ3) is 3.15. The monoisotopic (exact) mass is 231 g/mol. The highest BCUT2D eigenvalue weighted by Crippen LogP contribution is 2.35. The van der Waals surface area contributed by atoms with Crippen LogP contribution >= 0.6 is 0 Å². The fourth-order valence-electron chi connectivity index (χ4n) is 1.56. The van der Waals surface area contributed by atoms with Crippen molar-refractivity contribution in [2.45, 2.75) is 25.9 Å². The zero-order chi connectivity index (χ0) is 12.2. The Kier molecular flexibility index (Phi) is 4.21. The SMILES string of the molecule is CCCCN(C)c1ccccc1C(F)(F)F. The van der Waals surface area contributed by atoms with Gasteiger partial charge in [0.15, 0.2) is 0 Å². The third-order valence-electron chi connectivity index (χ3n) is 2.47. The number of para-hydroxylation sites is 1. The zero-order valence-electron chi connectivity index (χ0n) is 9.51. The number of unbranched alkanes of at least 4 members (excludes halogenated alkanes) is 1. The minimum atomic E-state index is -4.28. The molecule has 0 atom stereocenters. The molecule has 0 amide bonds. The quantitative estimate of drug-likeness (QED) is 0.758. The second-order valence-corrected chi connectivity index (χ2v) is 3.79. The second-order valence-electron chi connectivity index (χ2n) is 3.79. The maximum Gasteiger partial charge on any atom is 0.418 e. The first-order chi connectivity index (χ1) is 7.46. The molecule has 0 aliphatic heterocycles. The molecule has 0 bridgehead atoms. The lowest BCUT2D eigenvalue weighted by molar-refractivity contribution is -0.137. The second kappa shape index (κ2) is 5.23. The summed E-state index contributed by atoms with van der Waals surface area (Å²) < 4.78 is 38.1. The normalized spacial score (nSPS) is 11.6. The number of hydrogen-bond donors (Lipinski definition) is 0. The summed E-state index contributed by atoms with van der Waals surface area (Å²) in [5, 5.41) is 0. The van der Waals surface area contributed by atoms with E-state index < -0.39 is 11.7 Å². The molecule has 1 aromatic carbocycles. The Morgan fingerprint density at radius 2 is 1.81 bits per heavy atom. The van der Waals surface area contributed by atoms with E-state index in [0.717, 1.165) is 18.9 Å². The fraction of sp³-hybridized carbons (Fsp3) is 0.500. The average Bonchev–Trinajstić information content (AvgIpc) is 2.24. The summed E-state index contributed by atoms with van der Waals surface area (Å²) >= 11 is 0. The van der Waals surface area contributed by atoms with Gasteiger partial charge in [-0.3, -0.25) is 0 Å². The van der Waals surface area contributed by atoms with Crippen molar-refractivity contribution in [3.05, 3.63) is 29.8 Å². The van der Waals surface area contributed by atoms with E-state index in [9.17, 15) is 13.2 Å². The molecule has 4 heteroatoms. The predicted molar refractivity (Wildman–Crippen MR) is 59.6 cm³/mol. The highest BCUT2D eigenvalue weighted by molar-refractivity contribution is 5.54. The maximum absolute atomic E-state index is 12.7. The zero-order valence-corrected chi connectivity index (χ0v) is 9.51. The van der Waals surface area contributed by atoms with Crippen molar-refractivity contribution < 1.29 is 13.2 Å². The molecular weight excluding hydrogens is 215 g/mol. The van der Waals surface area contributed by atoms with Gasteiger partial charge in [-0.15, -0.1) is 0 Å². The first kappa shape index (κ1) is 12.9. The van der Waals surface area contributed by atoms with Crippen LogP contribution in [0.1, 0.15) is 25.3 Å². The Morgan fingerprint density at radius 3 is 2.38 bits per heavy atom. The lowest BCUT2D eigenvalue weighted by Gasteiger charge is -2.23. The van der Waals surface area contributed by atoms with Crippen LogP contribution < -0.4 is 4.90 Å². The van der Waals surface area contributed by atoms with Crippen molar-refractivity contribution in [1.82, 2.24) is 0 Å². The van der Waals surface area contributed by atoms with E-state index >= 15 is 0 Å². The van der Waals surface area contributed by atoms with E-state index in [1.807, 2.05) is 6.92 Å². The van der Waals surface area contributed by atoms with E-state index in [-0.39, 0.29) is 5.69 Å². The molecule has 1 rings (SSSR count). The Morgan fingerprint density at radius 1 is 1.19 bits per heavy atom. The standard InChI is InChI=1S/C12H16F3N/c1-3-4-9-16(2)11-8-6-5-7-10(11)12(13,14)15/h5-8H,3-4,9H2,1-2H3. The van der Waals surface area contributed by atoms with Gasteiger partial charge in [-0.2, -0.15) is 13.2 Å². The number of benzene rings is 1. The summed E-state index contributed by atoms with van der Waals surface area (Å²) in [6.45, 7) is 2.66. The summed E-state index contributed by atoms with van der Waals surface area (Å²) in [5.74, 6) is 0. The Hall–Kier alpha value is -1.19. The number of anilines is 1. The number of nitrogens with zero attached hydrogens (tertiary/aromatic N) is 1. The predicted octanol–water partition coefficient (Wildman–Crippen LogP) is 3.94. The molecule has 16 heavy (non-hydrogen) atoms. The lowest BCUT2D eigenvalue weighted by Crippen LogP contribution is -2.22. The molecule has 90 valence electrons. The van der Waals surface area contributed by atoms with Gasteiger partial charge in [-0.25, -0.2) is 0 Å². The molecule has 0 aliphatic rings. The van der Waals surface area contributed by atoms with Gasteiger partial charge in [0.2, 0.25) is 0 Å². The number of rotatable bonds is 4. The molecule has 1 aromatic rings. The van der Waals surface area contributed by atoms with Crippen LogP contribution in [0.5, 0.6) is 0 Å². The topological polar surface area (TPSA) is 3.24 Å². The molecule has 1 nitrogen and oxygen atoms in total. The van der Waals surface area contributed by atoms with Gasteiger partial charge in [0.25, 0.3) is 0 Å². The Bertz CT molecular complexity index is 333. The first-order valence-electron chi connectivity index (χ1n) is 5.34. The molecule has 0 spiro atoms. The van der Waals surface area contributed by atoms with E-state index in [1.165, 1.54) is 12.1 Å². The Balaban J connectivity index is 2.94. The van der Waals surface area contributed by atoms with Gasteiger partial charge in [-0.05, 0) is 18.6 Å². The highest BCUT2D eigenvalue weighted by Gasteiger charge is 2.33. The largest absolute Gasteiger partial charge is 0.418 e. The summed E-state index contributed by atoms with van der Waals surface area (Å²) in [7, 11) is 1.69. The van der Waals surface area contributed by atoms with Gasteiger partial charge < -0.3 is 4.90 Å². The van der Waals surface area contributed by atoms with Gasteiger partial charge >= 0.3 is 6.18 Å². The van der Waals surface area contributed by atoms with Gasteiger partial charge in [-0.1, -0.05) is 25.5 Å². The fourth-order valence-corrected chi connectivity index (χ4v) is 1.56. The van der Waals surface area contributed by atoms with Gasteiger partial charge in [0.1, 0.15) is 0 Å². The Labute approximate surface area is 93.9 Å². The van der Waals surface area contributed by atoms with Crippen molar-refractivity contribution in [2.75, 3.05) is 18.5 Å². The van der Waals surface area contributed by atoms with Crippen LogP contribution in [0.4, 0.5) is 18.9 Å². The van der Waals surface area contributed by atoms with Crippen LogP contribution in [0.3, 0.4) is 0 Å². The number of alkyl halides is 3. The third-order valence-corrected chi connectivity index (χ3v) is 2.47. The summed E-state index contributed by atoms with van der Waals surface area (Å²) in [6.07, 6.45) is -2.42. The van der Waals surface area contributed by atoms with Crippen molar-refractivity contribution in [1.29, 1.82) is 0 Å². The van der Waals surface area contributed by atoms with Gasteiger partial charge in [0.05, 0.1) is 5.56 Å². The van der Waals surface area contributed by atoms with Crippen molar-refractivity contribution in [3.8, 4) is 0 Å². The molecule has 0 saturated heterocycles. The van der Waals surface area contributed by atoms with E-state index in [4.69, 9.17) is 0 Å². The molecule has 0 aromatic heterocycles. The molecule has 0 saturated carbocycles. The summed E-state index contributed by atoms with van der Waals surface area (Å²) in [4.78, 5) is 1.66. The number of hydrogen-bond acceptors (Lipinski definition) is 1. The number of halogens is 3. The molecule has 0 radical (unpaired) electrons. The van der Waals surface area contributed by atoms with Crippen LogP contribution in [-0.2, 0) is 6.18 Å². The van der Waals surface area contributed by atoms with Crippen LogP contribution in [0.15, 0.2) is 24.3 Å². The van der Waals surface area contributed by atoms with Crippen molar-refractivity contribution in [3.63, 3.8) is 0 Å². The molecule has 0 N–H and O–H groups in total. The molecule has 0 aliphatic carbocycles.